The molecule has 0 aromatic rings. The second kappa shape index (κ2) is 16.0. The summed E-state index contributed by atoms with van der Waals surface area (Å²) in [7, 11) is -4.40. The summed E-state index contributed by atoms with van der Waals surface area (Å²) in [5.74, 6) is -4.37. The van der Waals surface area contributed by atoms with Crippen molar-refractivity contribution < 1.29 is 60.7 Å². The highest BCUT2D eigenvalue weighted by atomic mass is 31.2. The molecule has 12 nitrogen and oxygen atoms in total. The molecule has 0 amide bonds. The Hall–Kier alpha value is -0.520. The van der Waals surface area contributed by atoms with E-state index in [1.54, 1.807) is 0 Å². The summed E-state index contributed by atoms with van der Waals surface area (Å²) in [4.78, 5) is 17.9. The van der Waals surface area contributed by atoms with E-state index >= 15 is 0 Å². The fourth-order valence-electron chi connectivity index (χ4n) is 0.537. The summed E-state index contributed by atoms with van der Waals surface area (Å²) >= 11 is 0. The van der Waals surface area contributed by atoms with Crippen molar-refractivity contribution in [1.29, 1.82) is 0 Å². The highest BCUT2D eigenvalue weighted by Gasteiger charge is 2.35. The van der Waals surface area contributed by atoms with Gasteiger partial charge in [0.25, 0.3) is 0 Å². The van der Waals surface area contributed by atoms with Crippen LogP contribution in [0.1, 0.15) is 0 Å². The van der Waals surface area contributed by atoms with Crippen molar-refractivity contribution in [1.82, 2.24) is 0 Å². The molecular formula is C10H24O12P2. The van der Waals surface area contributed by atoms with E-state index in [-0.39, 0.29) is 50.8 Å². The first-order valence-corrected chi connectivity index (χ1v) is 11.2. The molecule has 146 valence electrons. The van der Waals surface area contributed by atoms with Crippen LogP contribution in [0.15, 0.2) is 0 Å². The minimum atomic E-state index is -2.20. The molecule has 0 fully saturated rings. The van der Waals surface area contributed by atoms with Crippen molar-refractivity contribution >= 4 is 26.5 Å². The van der Waals surface area contributed by atoms with E-state index in [0.717, 1.165) is 0 Å². The van der Waals surface area contributed by atoms with E-state index in [2.05, 4.69) is 0 Å². The van der Waals surface area contributed by atoms with Crippen molar-refractivity contribution in [3.63, 3.8) is 0 Å². The first-order valence-electron chi connectivity index (χ1n) is 6.13. The lowest BCUT2D eigenvalue weighted by atomic mass is 10.7. The number of carboxylic acid groups (broad SMARTS) is 2. The normalized spacial score (nSPS) is 10.8. The molecular weight excluding hydrogens is 374 g/mol. The van der Waals surface area contributed by atoms with Crippen LogP contribution in [0.25, 0.3) is 0 Å². The lowest BCUT2D eigenvalue weighted by molar-refractivity contribution is -0.345. The first-order chi connectivity index (χ1) is 11.1. The monoisotopic (exact) mass is 398 g/mol. The Balaban J connectivity index is -0.000000282. The Morgan fingerprint density at radius 3 is 0.625 bits per heavy atom. The van der Waals surface area contributed by atoms with E-state index in [4.69, 9.17) is 60.7 Å². The number of carboxylic acids is 2. The van der Waals surface area contributed by atoms with Gasteiger partial charge in [0.05, 0.1) is 11.9 Å². The van der Waals surface area contributed by atoms with Gasteiger partial charge in [-0.2, -0.15) is 0 Å². The molecule has 0 spiro atoms. The Labute approximate surface area is 138 Å². The van der Waals surface area contributed by atoms with Crippen molar-refractivity contribution in [3.05, 3.63) is 0 Å². The van der Waals surface area contributed by atoms with Gasteiger partial charge in [-0.15, -0.1) is 0 Å². The number of hydrogen-bond acceptors (Lipinski definition) is 12. The molecule has 0 heterocycles. The average molecular weight is 398 g/mol. The van der Waals surface area contributed by atoms with E-state index in [1.165, 1.54) is 0 Å². The minimum Gasteiger partial charge on any atom is -0.543 e. The van der Waals surface area contributed by atoms with Gasteiger partial charge in [0.15, 0.2) is 50.8 Å². The van der Waals surface area contributed by atoms with Gasteiger partial charge in [0.2, 0.25) is 0 Å². The van der Waals surface area contributed by atoms with Crippen LogP contribution in [0, 0.1) is 0 Å². The maximum Gasteiger partial charge on any atom is 0.161 e. The topological polar surface area (TPSA) is 242 Å². The van der Waals surface area contributed by atoms with Crippen molar-refractivity contribution in [2.75, 3.05) is 50.8 Å². The number of aliphatic carboxylic acids is 2. The molecule has 0 atom stereocenters. The fraction of sp³-hybridized carbons (Fsp3) is 0.800. The molecule has 0 aliphatic carbocycles. The summed E-state index contributed by atoms with van der Waals surface area (Å²) in [5, 5.41) is 86.2. The number of carbonyl (C=O) groups is 2. The second-order valence-corrected chi connectivity index (χ2v) is 12.0. The Bertz CT molecular complexity index is 265. The van der Waals surface area contributed by atoms with Crippen molar-refractivity contribution in [2.24, 2.45) is 0 Å². The fourth-order valence-corrected chi connectivity index (χ4v) is 1.61. The number of rotatable bonds is 8. The summed E-state index contributed by atoms with van der Waals surface area (Å²) < 4.78 is 0. The van der Waals surface area contributed by atoms with Gasteiger partial charge in [-0.05, 0) is 0 Å². The van der Waals surface area contributed by atoms with Gasteiger partial charge in [0, 0.05) is 0 Å². The van der Waals surface area contributed by atoms with Gasteiger partial charge >= 0.3 is 0 Å². The molecule has 0 bridgehead atoms. The number of carbonyl (C=O) groups excluding carboxylic acids is 2. The zero-order chi connectivity index (χ0) is 19.8. The van der Waals surface area contributed by atoms with Crippen LogP contribution in [-0.4, -0.2) is 104 Å². The van der Waals surface area contributed by atoms with Gasteiger partial charge in [-0.1, -0.05) is 0 Å². The van der Waals surface area contributed by atoms with Crippen LogP contribution in [0.5, 0.6) is 0 Å². The SMILES string of the molecule is O=C([O-])C(=O)[O-].OC[P+](CO)(CO)CO.OC[P+](CO)(CO)CO. The number of aliphatic hydroxyl groups excluding tert-OH is 8. The van der Waals surface area contributed by atoms with Gasteiger partial charge in [0.1, 0.15) is 14.5 Å². The molecule has 0 unspecified atom stereocenters. The van der Waals surface area contributed by atoms with Gasteiger partial charge in [-0.25, -0.2) is 0 Å². The van der Waals surface area contributed by atoms with E-state index in [1.807, 2.05) is 0 Å². The molecule has 0 aliphatic rings. The highest BCUT2D eigenvalue weighted by molar-refractivity contribution is 7.75. The summed E-state index contributed by atoms with van der Waals surface area (Å²) in [5.41, 5.74) is 0. The van der Waals surface area contributed by atoms with Crippen LogP contribution in [0.4, 0.5) is 0 Å². The van der Waals surface area contributed by atoms with Crippen molar-refractivity contribution in [3.8, 4) is 0 Å². The molecule has 0 radical (unpaired) electrons. The van der Waals surface area contributed by atoms with Crippen molar-refractivity contribution in [2.45, 2.75) is 0 Å². The van der Waals surface area contributed by atoms with Crippen LogP contribution in [0.2, 0.25) is 0 Å². The summed E-state index contributed by atoms with van der Waals surface area (Å²) in [6.07, 6.45) is -2.36. The summed E-state index contributed by atoms with van der Waals surface area (Å²) in [6.45, 7) is 0. The van der Waals surface area contributed by atoms with Gasteiger partial charge in [-0.3, -0.25) is 0 Å². The molecule has 24 heavy (non-hydrogen) atoms. The third-order valence-electron chi connectivity index (χ3n) is 2.57. The largest absolute Gasteiger partial charge is 0.543 e. The molecule has 0 rings (SSSR count). The predicted molar refractivity (Wildman–Crippen MR) is 80.5 cm³/mol. The molecule has 0 aliphatic heterocycles. The number of hydrogen-bond donors (Lipinski definition) is 8. The van der Waals surface area contributed by atoms with Gasteiger partial charge < -0.3 is 60.7 Å². The molecule has 0 saturated heterocycles. The number of aliphatic hydroxyl groups is 8. The van der Waals surface area contributed by atoms with Crippen LogP contribution in [0.3, 0.4) is 0 Å². The summed E-state index contributed by atoms with van der Waals surface area (Å²) in [6, 6.07) is 0. The predicted octanol–water partition coefficient (Wildman–Crippen LogP) is -5.91. The first kappa shape index (κ1) is 28.3. The minimum absolute atomic E-state index is 0.295. The maximum absolute atomic E-state index is 8.93. The zero-order valence-corrected chi connectivity index (χ0v) is 14.6. The third-order valence-corrected chi connectivity index (χ3v) is 7.37. The highest BCUT2D eigenvalue weighted by Crippen LogP contribution is 2.55. The molecule has 0 saturated carbocycles. The maximum atomic E-state index is 8.93. The zero-order valence-electron chi connectivity index (χ0n) is 12.8. The van der Waals surface area contributed by atoms with Crippen LogP contribution >= 0.6 is 14.5 Å². The molecule has 0 aromatic heterocycles. The van der Waals surface area contributed by atoms with Crippen LogP contribution in [-0.2, 0) is 9.59 Å². The Morgan fingerprint density at radius 2 is 0.625 bits per heavy atom. The lowest BCUT2D eigenvalue weighted by Crippen LogP contribution is -2.42. The molecule has 14 heteroatoms. The second-order valence-electron chi connectivity index (χ2n) is 4.39. The molecule has 0 aromatic carbocycles. The lowest BCUT2D eigenvalue weighted by Gasteiger charge is -2.15. The Kier molecular flexibility index (Phi) is 18.8. The third kappa shape index (κ3) is 11.9. The van der Waals surface area contributed by atoms with E-state index < -0.39 is 26.5 Å². The average Bonchev–Trinajstić information content (AvgIpc) is 2.61. The standard InChI is InChI=1S/2C4H12O4P.C2H2O4/c2*5-1-9(2-6,3-7)4-8;3-1(4)2(5)6/h2*5-8H,1-4H2;(H,3,4)(H,5,6)/q2*+1;/p-2. The smallest absolute Gasteiger partial charge is 0.161 e. The quantitative estimate of drug-likeness (QED) is 0.141. The van der Waals surface area contributed by atoms with E-state index in [9.17, 15) is 0 Å². The van der Waals surface area contributed by atoms with Crippen LogP contribution < -0.4 is 10.2 Å². The molecule has 8 N–H and O–H groups in total. The Morgan fingerprint density at radius 1 is 0.500 bits per heavy atom. The van der Waals surface area contributed by atoms with E-state index in [0.29, 0.717) is 0 Å².